The van der Waals surface area contributed by atoms with Crippen molar-refractivity contribution in [3.8, 4) is 17.2 Å². The van der Waals surface area contributed by atoms with Crippen molar-refractivity contribution >= 4 is 5.97 Å². The lowest BCUT2D eigenvalue weighted by molar-refractivity contribution is -0.407. The van der Waals surface area contributed by atoms with E-state index < -0.39 is 12.0 Å². The Morgan fingerprint density at radius 3 is 2.60 bits per heavy atom. The molecule has 15 heavy (non-hydrogen) atoms. The number of hydrogen-bond donors (Lipinski definition) is 3. The van der Waals surface area contributed by atoms with Crippen LogP contribution >= 0.6 is 0 Å². The predicted octanol–water partition coefficient (Wildman–Crippen LogP) is -3.83. The number of phenols is 2. The van der Waals surface area contributed by atoms with Crippen molar-refractivity contribution in [3.05, 3.63) is 17.7 Å². The molecule has 0 fully saturated rings. The van der Waals surface area contributed by atoms with E-state index in [2.05, 4.69) is 5.73 Å². The summed E-state index contributed by atoms with van der Waals surface area (Å²) in [6, 6.07) is 2.16. The number of aromatic hydroxyl groups is 2. The Balaban J connectivity index is 0.00000112. The molecular weight excluding hydrogens is 266 g/mol. The van der Waals surface area contributed by atoms with E-state index in [9.17, 15) is 15.0 Å². The fourth-order valence-electron chi connectivity index (χ4n) is 1.40. The van der Waals surface area contributed by atoms with Gasteiger partial charge in [0.25, 0.3) is 0 Å². The van der Waals surface area contributed by atoms with Crippen LogP contribution in [0.25, 0.3) is 0 Å². The molecule has 0 saturated heterocycles. The van der Waals surface area contributed by atoms with Crippen LogP contribution in [0.2, 0.25) is 0 Å². The van der Waals surface area contributed by atoms with Crippen LogP contribution in [0.4, 0.5) is 0 Å². The van der Waals surface area contributed by atoms with Crippen LogP contribution in [-0.2, 0) is 11.2 Å². The van der Waals surface area contributed by atoms with Gasteiger partial charge in [-0.2, -0.15) is 0 Å². The van der Waals surface area contributed by atoms with Crippen LogP contribution < -0.4 is 27.5 Å². The molecule has 0 amide bonds. The average Bonchev–Trinajstić information content (AvgIpc) is 2.11. The van der Waals surface area contributed by atoms with Crippen molar-refractivity contribution in [1.82, 2.24) is 0 Å². The van der Waals surface area contributed by atoms with E-state index in [0.29, 0.717) is 17.7 Å². The molecule has 1 aliphatic rings. The van der Waals surface area contributed by atoms with Gasteiger partial charge in [-0.25, -0.2) is 4.79 Å². The summed E-state index contributed by atoms with van der Waals surface area (Å²) in [7, 11) is 0. The predicted molar refractivity (Wildman–Crippen MR) is 45.8 cm³/mol. The minimum Gasteiger partial charge on any atom is -1.00 e. The highest BCUT2D eigenvalue weighted by atomic mass is 79.9. The summed E-state index contributed by atoms with van der Waals surface area (Å²) in [5, 5.41) is 18.4. The maximum absolute atomic E-state index is 11.1. The summed E-state index contributed by atoms with van der Waals surface area (Å²) in [4.78, 5) is 11.1. The maximum atomic E-state index is 11.1. The van der Waals surface area contributed by atoms with Crippen LogP contribution in [0, 0.1) is 0 Å². The SMILES string of the molecule is [Br-].[NH3+]C1Cc2cc(O)c(O)cc2OC1=O. The highest BCUT2D eigenvalue weighted by Crippen LogP contribution is 2.35. The van der Waals surface area contributed by atoms with Crippen LogP contribution in [-0.4, -0.2) is 22.2 Å². The molecule has 6 heteroatoms. The molecule has 0 bridgehead atoms. The van der Waals surface area contributed by atoms with E-state index in [1.165, 1.54) is 12.1 Å². The summed E-state index contributed by atoms with van der Waals surface area (Å²) in [6.07, 6.45) is 0.419. The molecule has 1 aromatic carbocycles. The molecule has 0 spiro atoms. The standard InChI is InChI=1S/C9H9NO4.BrH/c10-5-1-4-2-6(11)7(12)3-8(4)14-9(5)13;/h2-3,5,11-12H,1,10H2;1H. The Hall–Kier alpha value is -1.27. The lowest BCUT2D eigenvalue weighted by Gasteiger charge is -2.18. The second-order valence-electron chi connectivity index (χ2n) is 3.27. The normalized spacial score (nSPS) is 18.7. The Labute approximate surface area is 96.2 Å². The number of ether oxygens (including phenoxy) is 1. The van der Waals surface area contributed by atoms with Gasteiger partial charge in [0.05, 0.1) is 0 Å². The molecular formula is C9H10BrNO4. The topological polar surface area (TPSA) is 94.4 Å². The smallest absolute Gasteiger partial charge is 0.370 e. The zero-order valence-electron chi connectivity index (χ0n) is 7.74. The Bertz CT molecular complexity index is 407. The van der Waals surface area contributed by atoms with Gasteiger partial charge in [-0.05, 0) is 6.07 Å². The highest BCUT2D eigenvalue weighted by molar-refractivity contribution is 5.80. The third-order valence-corrected chi connectivity index (χ3v) is 2.17. The number of benzene rings is 1. The first-order chi connectivity index (χ1) is 6.58. The first-order valence-electron chi connectivity index (χ1n) is 4.17. The average molecular weight is 276 g/mol. The van der Waals surface area contributed by atoms with Gasteiger partial charge in [0, 0.05) is 18.1 Å². The number of halogens is 1. The Morgan fingerprint density at radius 1 is 1.33 bits per heavy atom. The van der Waals surface area contributed by atoms with Crippen molar-refractivity contribution in [2.75, 3.05) is 0 Å². The van der Waals surface area contributed by atoms with Gasteiger partial charge in [0.2, 0.25) is 0 Å². The van der Waals surface area contributed by atoms with Gasteiger partial charge in [0.1, 0.15) is 5.75 Å². The maximum Gasteiger partial charge on any atom is 0.370 e. The van der Waals surface area contributed by atoms with Gasteiger partial charge in [-0.1, -0.05) is 0 Å². The van der Waals surface area contributed by atoms with Crippen molar-refractivity contribution < 1.29 is 42.5 Å². The van der Waals surface area contributed by atoms with Gasteiger partial charge in [-0.15, -0.1) is 0 Å². The van der Waals surface area contributed by atoms with E-state index >= 15 is 0 Å². The van der Waals surface area contributed by atoms with E-state index in [1.807, 2.05) is 0 Å². The van der Waals surface area contributed by atoms with Crippen LogP contribution in [0.5, 0.6) is 17.2 Å². The summed E-state index contributed by atoms with van der Waals surface area (Å²) in [6.45, 7) is 0. The lowest BCUT2D eigenvalue weighted by Crippen LogP contribution is -3.00. The van der Waals surface area contributed by atoms with E-state index in [4.69, 9.17) is 4.74 Å². The molecule has 5 nitrogen and oxygen atoms in total. The second kappa shape index (κ2) is 4.08. The highest BCUT2D eigenvalue weighted by Gasteiger charge is 2.29. The minimum atomic E-state index is -0.452. The molecule has 0 aliphatic carbocycles. The molecule has 1 aliphatic heterocycles. The van der Waals surface area contributed by atoms with Gasteiger partial charge in [-0.3, -0.25) is 0 Å². The molecule has 1 aromatic rings. The number of fused-ring (bicyclic) bond motifs is 1. The quantitative estimate of drug-likeness (QED) is 0.257. The largest absolute Gasteiger partial charge is 1.00 e. The monoisotopic (exact) mass is 275 g/mol. The molecule has 1 heterocycles. The van der Waals surface area contributed by atoms with Crippen molar-refractivity contribution in [1.29, 1.82) is 0 Å². The summed E-state index contributed by atoms with van der Waals surface area (Å²) in [5.41, 5.74) is 4.29. The Morgan fingerprint density at radius 2 is 1.93 bits per heavy atom. The molecule has 1 atom stereocenters. The van der Waals surface area contributed by atoms with Crippen molar-refractivity contribution in [2.24, 2.45) is 0 Å². The fourth-order valence-corrected chi connectivity index (χ4v) is 1.40. The Kier molecular flexibility index (Phi) is 3.21. The number of hydrogen-bond acceptors (Lipinski definition) is 4. The lowest BCUT2D eigenvalue weighted by atomic mass is 10.0. The minimum absolute atomic E-state index is 0. The van der Waals surface area contributed by atoms with Gasteiger partial charge >= 0.3 is 5.97 Å². The third kappa shape index (κ3) is 2.05. The molecule has 0 saturated carbocycles. The second-order valence-corrected chi connectivity index (χ2v) is 3.27. The molecule has 5 N–H and O–H groups in total. The number of carbonyl (C=O) groups excluding carboxylic acids is 1. The van der Waals surface area contributed by atoms with Crippen molar-refractivity contribution in [3.63, 3.8) is 0 Å². The van der Waals surface area contributed by atoms with Crippen LogP contribution in [0.15, 0.2) is 12.1 Å². The van der Waals surface area contributed by atoms with Gasteiger partial charge < -0.3 is 37.7 Å². The molecule has 1 unspecified atom stereocenters. The first-order valence-corrected chi connectivity index (χ1v) is 4.17. The number of rotatable bonds is 0. The number of carbonyl (C=O) groups is 1. The zero-order valence-corrected chi connectivity index (χ0v) is 9.32. The summed E-state index contributed by atoms with van der Waals surface area (Å²) < 4.78 is 4.91. The summed E-state index contributed by atoms with van der Waals surface area (Å²) in [5.74, 6) is -0.624. The number of esters is 1. The van der Waals surface area contributed by atoms with Gasteiger partial charge in [0.15, 0.2) is 17.5 Å². The van der Waals surface area contributed by atoms with Crippen molar-refractivity contribution in [2.45, 2.75) is 12.5 Å². The molecule has 0 radical (unpaired) electrons. The summed E-state index contributed by atoms with van der Waals surface area (Å²) >= 11 is 0. The number of phenolic OH excluding ortho intramolecular Hbond substituents is 2. The van der Waals surface area contributed by atoms with E-state index in [0.717, 1.165) is 0 Å². The molecule has 82 valence electrons. The van der Waals surface area contributed by atoms with Crippen LogP contribution in [0.1, 0.15) is 5.56 Å². The van der Waals surface area contributed by atoms with E-state index in [1.54, 1.807) is 0 Å². The molecule has 0 aromatic heterocycles. The number of quaternary nitrogens is 1. The van der Waals surface area contributed by atoms with E-state index in [-0.39, 0.29) is 28.5 Å². The fraction of sp³-hybridized carbons (Fsp3) is 0.222. The molecule has 2 rings (SSSR count). The first kappa shape index (κ1) is 11.8. The third-order valence-electron chi connectivity index (χ3n) is 2.17. The zero-order chi connectivity index (χ0) is 10.3. The van der Waals surface area contributed by atoms with Crippen LogP contribution in [0.3, 0.4) is 0 Å².